The number of carboxylic acid groups (broad SMARTS) is 2. The molecule has 0 saturated heterocycles. The number of H-pyrrole nitrogens is 2. The Bertz CT molecular complexity index is 2350. The van der Waals surface area contributed by atoms with Crippen molar-refractivity contribution in [2.45, 2.75) is 107 Å². The predicted molar refractivity (Wildman–Crippen MR) is 249 cm³/mol. The Morgan fingerprint density at radius 3 is 1.87 bits per heavy atom. The first-order chi connectivity index (χ1) is 32.5. The third-order valence-corrected chi connectivity index (χ3v) is 10.7. The highest BCUT2D eigenvalue weighted by atomic mass is 16.4. The van der Waals surface area contributed by atoms with E-state index >= 15 is 0 Å². The molecule has 0 unspecified atom stereocenters. The minimum atomic E-state index is -1.43. The first-order valence-electron chi connectivity index (χ1n) is 22.1. The molecular weight excluding hydrogens is 883 g/mol. The molecule has 2 heterocycles. The normalized spacial score (nSPS) is 13.6. The van der Waals surface area contributed by atoms with Crippen LogP contribution in [0.5, 0.6) is 0 Å². The monoisotopic (exact) mass is 943 g/mol. The molecular formula is C45H61N13O10. The first kappa shape index (κ1) is 52.8. The highest BCUT2D eigenvalue weighted by molar-refractivity contribution is 5.97. The highest BCUT2D eigenvalue weighted by Crippen LogP contribution is 2.19. The van der Waals surface area contributed by atoms with Gasteiger partial charge < -0.3 is 69.3 Å². The molecule has 366 valence electrons. The molecule has 0 bridgehead atoms. The molecule has 16 N–H and O–H groups in total. The Kier molecular flexibility index (Phi) is 20.9. The number of amides is 6. The molecule has 0 saturated carbocycles. The van der Waals surface area contributed by atoms with Crippen LogP contribution < -0.4 is 49.1 Å². The molecule has 2 aromatic heterocycles. The van der Waals surface area contributed by atoms with Crippen molar-refractivity contribution in [1.29, 1.82) is 0 Å². The summed E-state index contributed by atoms with van der Waals surface area (Å²) in [6, 6.07) is 7.95. The maximum atomic E-state index is 14.5. The van der Waals surface area contributed by atoms with Crippen LogP contribution in [-0.2, 0) is 57.6 Å². The Balaban J connectivity index is 1.64. The van der Waals surface area contributed by atoms with Gasteiger partial charge in [-0.2, -0.15) is 0 Å². The molecule has 0 aliphatic rings. The quantitative estimate of drug-likeness (QED) is 0.0176. The Morgan fingerprint density at radius 1 is 0.662 bits per heavy atom. The minimum Gasteiger partial charge on any atom is -0.481 e. The number of nitrogens with two attached hydrogens (primary N) is 3. The van der Waals surface area contributed by atoms with E-state index in [2.05, 4.69) is 51.8 Å². The lowest BCUT2D eigenvalue weighted by Gasteiger charge is -2.27. The number of aliphatic imine (C=N–C) groups is 1. The van der Waals surface area contributed by atoms with E-state index in [1.165, 1.54) is 12.5 Å². The van der Waals surface area contributed by atoms with E-state index in [0.29, 0.717) is 29.7 Å². The van der Waals surface area contributed by atoms with Crippen molar-refractivity contribution in [2.24, 2.45) is 22.2 Å². The Labute approximate surface area is 391 Å². The summed E-state index contributed by atoms with van der Waals surface area (Å²) >= 11 is 0. The van der Waals surface area contributed by atoms with Crippen LogP contribution in [0.4, 0.5) is 0 Å². The number of carbonyl (C=O) groups is 8. The fourth-order valence-corrected chi connectivity index (χ4v) is 7.13. The van der Waals surface area contributed by atoms with Gasteiger partial charge in [0.2, 0.25) is 35.4 Å². The summed E-state index contributed by atoms with van der Waals surface area (Å²) in [6.07, 6.45) is 5.02. The predicted octanol–water partition coefficient (Wildman–Crippen LogP) is -1.02. The lowest BCUT2D eigenvalue weighted by atomic mass is 10.0. The van der Waals surface area contributed by atoms with Crippen LogP contribution in [0.1, 0.15) is 68.7 Å². The first-order valence-corrected chi connectivity index (χ1v) is 22.1. The van der Waals surface area contributed by atoms with Crippen molar-refractivity contribution in [3.8, 4) is 0 Å². The van der Waals surface area contributed by atoms with Crippen LogP contribution in [0.15, 0.2) is 78.3 Å². The van der Waals surface area contributed by atoms with Crippen LogP contribution in [0.2, 0.25) is 0 Å². The van der Waals surface area contributed by atoms with Crippen molar-refractivity contribution in [2.75, 3.05) is 13.1 Å². The summed E-state index contributed by atoms with van der Waals surface area (Å²) in [6.45, 7) is 1.24. The molecule has 0 fully saturated rings. The average Bonchev–Trinajstić information content (AvgIpc) is 3.99. The van der Waals surface area contributed by atoms with E-state index in [9.17, 15) is 48.6 Å². The van der Waals surface area contributed by atoms with Gasteiger partial charge in [0, 0.05) is 61.2 Å². The second-order valence-electron chi connectivity index (χ2n) is 16.1. The third-order valence-electron chi connectivity index (χ3n) is 10.7. The summed E-state index contributed by atoms with van der Waals surface area (Å²) < 4.78 is 0. The van der Waals surface area contributed by atoms with Crippen molar-refractivity contribution >= 4 is 64.2 Å². The number of nitrogens with one attached hydrogen (secondary N) is 8. The highest BCUT2D eigenvalue weighted by Gasteiger charge is 2.34. The van der Waals surface area contributed by atoms with E-state index in [4.69, 9.17) is 17.2 Å². The zero-order valence-corrected chi connectivity index (χ0v) is 37.7. The number of aliphatic carboxylic acids is 2. The van der Waals surface area contributed by atoms with Gasteiger partial charge in [0.15, 0.2) is 5.96 Å². The molecule has 0 radical (unpaired) electrons. The zero-order valence-electron chi connectivity index (χ0n) is 37.7. The van der Waals surface area contributed by atoms with E-state index in [1.54, 1.807) is 42.6 Å². The molecule has 23 nitrogen and oxygen atoms in total. The van der Waals surface area contributed by atoms with Crippen LogP contribution >= 0.6 is 0 Å². The molecule has 6 atom stereocenters. The zero-order chi connectivity index (χ0) is 49.6. The van der Waals surface area contributed by atoms with Crippen LogP contribution in [-0.4, -0.2) is 128 Å². The SMILES string of the molecule is CCCC[C@H](N)C(=O)N[C@@H](CCC(=O)O)C(=O)N[C@@H](Cc1cnc[nH]1)C(=O)N[C@H](Cc1ccccc1)C(=O)N[C@@H](CCCN=C(N)N)C(=O)N[C@@H](Cc1c[nH]c2ccccc12)C(=O)NCC(=O)O. The van der Waals surface area contributed by atoms with E-state index < -0.39 is 96.6 Å². The molecule has 0 spiro atoms. The summed E-state index contributed by atoms with van der Waals surface area (Å²) in [5.41, 5.74) is 19.5. The molecule has 0 aliphatic heterocycles. The molecule has 68 heavy (non-hydrogen) atoms. The molecule has 4 aromatic rings. The lowest BCUT2D eigenvalue weighted by Crippen LogP contribution is -2.60. The summed E-state index contributed by atoms with van der Waals surface area (Å²) in [4.78, 5) is 120. The molecule has 0 aliphatic carbocycles. The Hall–Kier alpha value is -7.82. The molecule has 2 aromatic carbocycles. The number of nitrogens with zero attached hydrogens (tertiary/aromatic N) is 2. The number of imidazole rings is 1. The second kappa shape index (κ2) is 27.0. The third kappa shape index (κ3) is 17.5. The number of carboxylic acids is 2. The number of rotatable bonds is 29. The number of guanidine groups is 1. The van der Waals surface area contributed by atoms with Crippen LogP contribution in [0.25, 0.3) is 10.9 Å². The van der Waals surface area contributed by atoms with Gasteiger partial charge in [-0.1, -0.05) is 68.3 Å². The molecule has 6 amide bonds. The number of hydrogen-bond donors (Lipinski definition) is 13. The van der Waals surface area contributed by atoms with Gasteiger partial charge in [-0.15, -0.1) is 0 Å². The van der Waals surface area contributed by atoms with E-state index in [0.717, 1.165) is 17.3 Å². The van der Waals surface area contributed by atoms with Gasteiger partial charge in [-0.3, -0.25) is 43.3 Å². The van der Waals surface area contributed by atoms with Crippen molar-refractivity contribution in [3.63, 3.8) is 0 Å². The van der Waals surface area contributed by atoms with Crippen molar-refractivity contribution in [3.05, 3.63) is 90.1 Å². The number of benzene rings is 2. The number of fused-ring (bicyclic) bond motifs is 1. The lowest BCUT2D eigenvalue weighted by molar-refractivity contribution is -0.139. The summed E-state index contributed by atoms with van der Waals surface area (Å²) in [5, 5.41) is 35.0. The van der Waals surface area contributed by atoms with Gasteiger partial charge >= 0.3 is 11.9 Å². The fourth-order valence-electron chi connectivity index (χ4n) is 7.13. The van der Waals surface area contributed by atoms with Crippen molar-refractivity contribution in [1.82, 2.24) is 46.9 Å². The number of unbranched alkanes of at least 4 members (excludes halogenated alkanes) is 1. The summed E-state index contributed by atoms with van der Waals surface area (Å²) in [5.74, 6) is -7.66. The summed E-state index contributed by atoms with van der Waals surface area (Å²) in [7, 11) is 0. The van der Waals surface area contributed by atoms with Crippen LogP contribution in [0.3, 0.4) is 0 Å². The Morgan fingerprint density at radius 2 is 1.25 bits per heavy atom. The van der Waals surface area contributed by atoms with Gasteiger partial charge in [0.05, 0.1) is 12.4 Å². The molecule has 4 rings (SSSR count). The van der Waals surface area contributed by atoms with E-state index in [1.807, 2.05) is 25.1 Å². The topological polar surface area (TPSA) is 384 Å². The number of para-hydroxylation sites is 1. The number of hydrogen-bond acceptors (Lipinski definition) is 11. The average molecular weight is 944 g/mol. The maximum Gasteiger partial charge on any atom is 0.322 e. The fraction of sp³-hybridized carbons (Fsp3) is 0.422. The van der Waals surface area contributed by atoms with Gasteiger partial charge in [0.1, 0.15) is 36.8 Å². The minimum absolute atomic E-state index is 0.0532. The number of aromatic amines is 2. The number of aromatic nitrogens is 3. The second-order valence-corrected chi connectivity index (χ2v) is 16.1. The maximum absolute atomic E-state index is 14.5. The van der Waals surface area contributed by atoms with Gasteiger partial charge in [0.25, 0.3) is 0 Å². The molecule has 23 heteroatoms. The smallest absolute Gasteiger partial charge is 0.322 e. The van der Waals surface area contributed by atoms with Crippen molar-refractivity contribution < 1.29 is 48.6 Å². The van der Waals surface area contributed by atoms with Crippen LogP contribution in [0, 0.1) is 0 Å². The van der Waals surface area contributed by atoms with E-state index in [-0.39, 0.29) is 51.0 Å². The standard InChI is InChI=1S/C45H61N13O10/c1-2-3-13-30(46)39(63)54-33(16-17-37(59)60)42(66)58-36(21-28-23-49-25-53-28)44(68)56-34(19-26-10-5-4-6-11-26)43(67)55-32(15-9-18-50-45(47)48)41(65)57-35(40(64)52-24-38(61)62)20-27-22-51-31-14-8-7-12-29(27)31/h4-8,10-12,14,22-23,25,30,32-36,51H,2-3,9,13,15-21,24,46H2,1H3,(H,49,53)(H,52,64)(H,54,63)(H,55,67)(H,56,68)(H,57,65)(H,58,66)(H,59,60)(H,61,62)(H4,47,48,50)/t30-,32-,33-,34+,35-,36-/m0/s1. The van der Waals surface area contributed by atoms with Gasteiger partial charge in [-0.05, 0) is 42.9 Å². The van der Waals surface area contributed by atoms with Gasteiger partial charge in [-0.25, -0.2) is 4.98 Å². The number of carbonyl (C=O) groups excluding carboxylic acids is 6. The largest absolute Gasteiger partial charge is 0.481 e.